The van der Waals surface area contributed by atoms with Crippen molar-refractivity contribution in [2.45, 2.75) is 13.5 Å². The number of carbonyl (C=O) groups is 1. The van der Waals surface area contributed by atoms with Gasteiger partial charge in [-0.05, 0) is 30.7 Å². The number of benzene rings is 2. The van der Waals surface area contributed by atoms with Crippen LogP contribution in [0.15, 0.2) is 36.4 Å². The highest BCUT2D eigenvalue weighted by Gasteiger charge is 2.13. The summed E-state index contributed by atoms with van der Waals surface area (Å²) in [5.41, 5.74) is 3.63. The van der Waals surface area contributed by atoms with Gasteiger partial charge in [0, 0.05) is 12.1 Å². The first kappa shape index (κ1) is 15.9. The Morgan fingerprint density at radius 3 is 2.54 bits per heavy atom. The SMILES string of the molecule is COC(=O)CNCc1cc(C)cc(-n2nc3ccccc3n2)c1O. The van der Waals surface area contributed by atoms with Crippen molar-refractivity contribution >= 4 is 17.0 Å². The first-order valence-electron chi connectivity index (χ1n) is 7.51. The van der Waals surface area contributed by atoms with Gasteiger partial charge in [0.25, 0.3) is 0 Å². The number of phenols is 1. The minimum absolute atomic E-state index is 0.0725. The Balaban J connectivity index is 1.92. The standard InChI is InChI=1S/C17H18N4O3/c1-11-7-12(9-18-10-16(22)24-2)17(23)15(8-11)21-19-13-5-3-4-6-14(13)20-21/h3-8,18,23H,9-10H2,1-2H3. The molecule has 124 valence electrons. The predicted octanol–water partition coefficient (Wildman–Crippen LogP) is 1.70. The average molecular weight is 326 g/mol. The van der Waals surface area contributed by atoms with Gasteiger partial charge in [0.2, 0.25) is 0 Å². The molecule has 0 aliphatic heterocycles. The highest BCUT2D eigenvalue weighted by molar-refractivity contribution is 5.74. The first-order valence-corrected chi connectivity index (χ1v) is 7.51. The van der Waals surface area contributed by atoms with Gasteiger partial charge in [-0.1, -0.05) is 18.2 Å². The van der Waals surface area contributed by atoms with Crippen LogP contribution in [-0.4, -0.2) is 39.7 Å². The van der Waals surface area contributed by atoms with Gasteiger partial charge in [0.05, 0.1) is 13.7 Å². The first-order chi connectivity index (χ1) is 11.6. The number of hydrogen-bond acceptors (Lipinski definition) is 6. The zero-order valence-electron chi connectivity index (χ0n) is 13.5. The summed E-state index contributed by atoms with van der Waals surface area (Å²) in [4.78, 5) is 12.6. The van der Waals surface area contributed by atoms with E-state index in [2.05, 4.69) is 20.3 Å². The van der Waals surface area contributed by atoms with Crippen LogP contribution in [0.3, 0.4) is 0 Å². The quantitative estimate of drug-likeness (QED) is 0.694. The van der Waals surface area contributed by atoms with Gasteiger partial charge in [-0.15, -0.1) is 15.0 Å². The Morgan fingerprint density at radius 2 is 1.92 bits per heavy atom. The molecule has 2 N–H and O–H groups in total. The summed E-state index contributed by atoms with van der Waals surface area (Å²) < 4.78 is 4.58. The molecule has 0 unspecified atom stereocenters. The Labute approximate surface area is 138 Å². The van der Waals surface area contributed by atoms with E-state index in [0.29, 0.717) is 17.8 Å². The zero-order valence-corrected chi connectivity index (χ0v) is 13.5. The molecular formula is C17H18N4O3. The third-order valence-electron chi connectivity index (χ3n) is 3.63. The van der Waals surface area contributed by atoms with Crippen LogP contribution < -0.4 is 5.32 Å². The number of hydrogen-bond donors (Lipinski definition) is 2. The number of aryl methyl sites for hydroxylation is 1. The molecule has 24 heavy (non-hydrogen) atoms. The minimum Gasteiger partial charge on any atom is -0.505 e. The van der Waals surface area contributed by atoms with Crippen molar-refractivity contribution in [1.82, 2.24) is 20.3 Å². The number of esters is 1. The highest BCUT2D eigenvalue weighted by Crippen LogP contribution is 2.27. The van der Waals surface area contributed by atoms with Crippen molar-refractivity contribution in [2.75, 3.05) is 13.7 Å². The van der Waals surface area contributed by atoms with Gasteiger partial charge in [-0.2, -0.15) is 0 Å². The van der Waals surface area contributed by atoms with Crippen molar-refractivity contribution in [3.63, 3.8) is 0 Å². The number of nitrogens with one attached hydrogen (secondary N) is 1. The fraction of sp³-hybridized carbons (Fsp3) is 0.235. The smallest absolute Gasteiger partial charge is 0.319 e. The molecule has 0 saturated heterocycles. The summed E-state index contributed by atoms with van der Waals surface area (Å²) in [6, 6.07) is 11.2. The van der Waals surface area contributed by atoms with Crippen LogP contribution >= 0.6 is 0 Å². The Kier molecular flexibility index (Phi) is 4.43. The van der Waals surface area contributed by atoms with Crippen LogP contribution in [0, 0.1) is 6.92 Å². The van der Waals surface area contributed by atoms with Crippen LogP contribution in [0.2, 0.25) is 0 Å². The second-order valence-electron chi connectivity index (χ2n) is 5.45. The molecule has 3 aromatic rings. The monoisotopic (exact) mass is 326 g/mol. The van der Waals surface area contributed by atoms with Crippen molar-refractivity contribution < 1.29 is 14.6 Å². The van der Waals surface area contributed by atoms with Crippen LogP contribution in [0.4, 0.5) is 0 Å². The molecule has 2 aromatic carbocycles. The molecule has 0 saturated carbocycles. The maximum Gasteiger partial charge on any atom is 0.319 e. The van der Waals surface area contributed by atoms with Gasteiger partial charge >= 0.3 is 5.97 Å². The van der Waals surface area contributed by atoms with Gasteiger partial charge < -0.3 is 15.2 Å². The van der Waals surface area contributed by atoms with Crippen molar-refractivity contribution in [2.24, 2.45) is 0 Å². The van der Waals surface area contributed by atoms with Gasteiger partial charge in [0.1, 0.15) is 22.5 Å². The van der Waals surface area contributed by atoms with E-state index < -0.39 is 0 Å². The van der Waals surface area contributed by atoms with E-state index in [1.54, 1.807) is 0 Å². The Morgan fingerprint density at radius 1 is 1.25 bits per heavy atom. The van der Waals surface area contributed by atoms with Crippen LogP contribution in [-0.2, 0) is 16.1 Å². The second-order valence-corrected chi connectivity index (χ2v) is 5.45. The number of aromatic nitrogens is 3. The summed E-state index contributed by atoms with van der Waals surface area (Å²) >= 11 is 0. The normalized spacial score (nSPS) is 10.9. The second kappa shape index (κ2) is 6.67. The zero-order chi connectivity index (χ0) is 17.1. The summed E-state index contributed by atoms with van der Waals surface area (Å²) in [5, 5.41) is 22.3. The average Bonchev–Trinajstić information content (AvgIpc) is 3.01. The number of rotatable bonds is 5. The molecule has 0 radical (unpaired) electrons. The van der Waals surface area contributed by atoms with E-state index in [9.17, 15) is 9.90 Å². The summed E-state index contributed by atoms with van der Waals surface area (Å²) in [6.45, 7) is 2.33. The molecule has 1 heterocycles. The van der Waals surface area contributed by atoms with E-state index in [1.165, 1.54) is 11.9 Å². The third kappa shape index (κ3) is 3.21. The maximum absolute atomic E-state index is 11.2. The maximum atomic E-state index is 11.2. The van der Waals surface area contributed by atoms with Gasteiger partial charge in [-0.3, -0.25) is 4.79 Å². The lowest BCUT2D eigenvalue weighted by molar-refractivity contribution is -0.139. The van der Waals surface area contributed by atoms with Crippen molar-refractivity contribution in [1.29, 1.82) is 0 Å². The molecule has 0 atom stereocenters. The molecule has 0 amide bonds. The lowest BCUT2D eigenvalue weighted by Crippen LogP contribution is -2.23. The lowest BCUT2D eigenvalue weighted by atomic mass is 10.1. The molecule has 7 heteroatoms. The summed E-state index contributed by atoms with van der Waals surface area (Å²) in [7, 11) is 1.33. The van der Waals surface area contributed by atoms with E-state index in [-0.39, 0.29) is 18.3 Å². The largest absolute Gasteiger partial charge is 0.505 e. The highest BCUT2D eigenvalue weighted by atomic mass is 16.5. The van der Waals surface area contributed by atoms with Crippen molar-refractivity contribution in [3.05, 3.63) is 47.5 Å². The molecule has 0 fully saturated rings. The number of carbonyl (C=O) groups excluding carboxylic acids is 1. The number of methoxy groups -OCH3 is 1. The van der Waals surface area contributed by atoms with E-state index in [1.807, 2.05) is 43.3 Å². The third-order valence-corrected chi connectivity index (χ3v) is 3.63. The molecule has 3 rings (SSSR count). The van der Waals surface area contributed by atoms with Crippen LogP contribution in [0.5, 0.6) is 5.75 Å². The van der Waals surface area contributed by atoms with Crippen LogP contribution in [0.25, 0.3) is 16.7 Å². The number of aromatic hydroxyl groups is 1. The van der Waals surface area contributed by atoms with E-state index >= 15 is 0 Å². The Hall–Kier alpha value is -2.93. The van der Waals surface area contributed by atoms with E-state index in [0.717, 1.165) is 16.6 Å². The summed E-state index contributed by atoms with van der Waals surface area (Å²) in [5.74, 6) is -0.277. The van der Waals surface area contributed by atoms with E-state index in [4.69, 9.17) is 0 Å². The van der Waals surface area contributed by atoms with Crippen molar-refractivity contribution in [3.8, 4) is 11.4 Å². The number of fused-ring (bicyclic) bond motifs is 1. The lowest BCUT2D eigenvalue weighted by Gasteiger charge is -2.11. The topological polar surface area (TPSA) is 89.3 Å². The Bertz CT molecular complexity index is 856. The number of ether oxygens (including phenoxy) is 1. The molecule has 0 bridgehead atoms. The fourth-order valence-corrected chi connectivity index (χ4v) is 2.46. The molecule has 7 nitrogen and oxygen atoms in total. The minimum atomic E-state index is -0.359. The molecule has 0 aliphatic rings. The molecule has 0 aliphatic carbocycles. The molecule has 0 spiro atoms. The fourth-order valence-electron chi connectivity index (χ4n) is 2.46. The van der Waals surface area contributed by atoms with Crippen LogP contribution in [0.1, 0.15) is 11.1 Å². The van der Waals surface area contributed by atoms with Gasteiger partial charge in [-0.25, -0.2) is 0 Å². The summed E-state index contributed by atoms with van der Waals surface area (Å²) in [6.07, 6.45) is 0. The number of nitrogens with zero attached hydrogens (tertiary/aromatic N) is 3. The molecule has 1 aromatic heterocycles. The predicted molar refractivity (Wildman–Crippen MR) is 89.0 cm³/mol. The molecular weight excluding hydrogens is 308 g/mol. The van der Waals surface area contributed by atoms with Gasteiger partial charge in [0.15, 0.2) is 0 Å². The number of phenolic OH excluding ortho intramolecular Hbond substituents is 1.